The van der Waals surface area contributed by atoms with Crippen LogP contribution in [-0.2, 0) is 0 Å². The Labute approximate surface area is 154 Å². The lowest BCUT2D eigenvalue weighted by molar-refractivity contribution is 0.0976. The van der Waals surface area contributed by atoms with Crippen LogP contribution < -0.4 is 0 Å². The molecule has 1 aliphatic carbocycles. The van der Waals surface area contributed by atoms with Crippen molar-refractivity contribution >= 4 is 34.1 Å². The molecule has 0 fully saturated rings. The zero-order valence-electron chi connectivity index (χ0n) is 13.6. The molecule has 0 N–H and O–H groups in total. The van der Waals surface area contributed by atoms with Crippen molar-refractivity contribution in [3.05, 3.63) is 100 Å². The lowest BCUT2D eigenvalue weighted by atomic mass is 9.86. The van der Waals surface area contributed by atoms with Crippen LogP contribution in [0, 0.1) is 0 Å². The Morgan fingerprint density at radius 1 is 0.692 bits per heavy atom. The number of nitrogens with zero attached hydrogens (tertiary/aromatic N) is 1. The van der Waals surface area contributed by atoms with E-state index in [1.807, 2.05) is 59.2 Å². The number of carbonyl (C=O) groups is 2. The summed E-state index contributed by atoms with van der Waals surface area (Å²) >= 11 is 6.26. The maximum absolute atomic E-state index is 13.3. The molecule has 0 aliphatic heterocycles. The van der Waals surface area contributed by atoms with E-state index in [1.54, 1.807) is 18.2 Å². The fraction of sp³-hybridized carbons (Fsp3) is 0. The molecule has 0 radical (unpaired) electrons. The predicted octanol–water partition coefficient (Wildman–Crippen LogP) is 5.06. The highest BCUT2D eigenvalue weighted by atomic mass is 35.5. The first-order valence-corrected chi connectivity index (χ1v) is 8.63. The number of para-hydroxylation sites is 2. The van der Waals surface area contributed by atoms with Crippen molar-refractivity contribution in [2.45, 2.75) is 0 Å². The van der Waals surface area contributed by atoms with Crippen molar-refractivity contribution in [1.82, 2.24) is 4.57 Å². The summed E-state index contributed by atoms with van der Waals surface area (Å²) in [6.45, 7) is 0. The predicted molar refractivity (Wildman–Crippen MR) is 102 cm³/mol. The second kappa shape index (κ2) is 5.41. The van der Waals surface area contributed by atoms with Crippen molar-refractivity contribution in [2.24, 2.45) is 0 Å². The van der Waals surface area contributed by atoms with Gasteiger partial charge in [-0.25, -0.2) is 0 Å². The largest absolute Gasteiger partial charge is 0.306 e. The molecule has 1 aromatic heterocycles. The molecule has 3 nitrogen and oxygen atoms in total. The van der Waals surface area contributed by atoms with E-state index in [9.17, 15) is 9.59 Å². The van der Waals surface area contributed by atoms with Gasteiger partial charge in [-0.2, -0.15) is 0 Å². The molecule has 1 aliphatic rings. The summed E-state index contributed by atoms with van der Waals surface area (Å²) in [5.41, 5.74) is 3.15. The van der Waals surface area contributed by atoms with Crippen LogP contribution in [0.1, 0.15) is 32.0 Å². The molecule has 0 saturated heterocycles. The summed E-state index contributed by atoms with van der Waals surface area (Å²) in [5, 5.41) is 1.07. The van der Waals surface area contributed by atoms with Gasteiger partial charge in [0.25, 0.3) is 0 Å². The van der Waals surface area contributed by atoms with Crippen LogP contribution in [0.5, 0.6) is 0 Å². The number of carbonyl (C=O) groups excluding carboxylic acids is 2. The van der Waals surface area contributed by atoms with Gasteiger partial charge in [0.1, 0.15) is 5.69 Å². The van der Waals surface area contributed by atoms with Gasteiger partial charge in [0, 0.05) is 16.6 Å². The number of hydrogen-bond donors (Lipinski definition) is 0. The minimum atomic E-state index is -0.203. The van der Waals surface area contributed by atoms with E-state index < -0.39 is 0 Å². The number of benzene rings is 3. The SMILES string of the molecule is O=C1c2c(Cl)cccc2C(=O)c2c1c1ccccc1n2-c1ccccc1. The molecule has 5 rings (SSSR count). The first-order chi connectivity index (χ1) is 12.7. The molecule has 4 aromatic rings. The van der Waals surface area contributed by atoms with Gasteiger partial charge in [0.05, 0.1) is 21.7 Å². The van der Waals surface area contributed by atoms with Crippen molar-refractivity contribution in [1.29, 1.82) is 0 Å². The molecule has 124 valence electrons. The van der Waals surface area contributed by atoms with E-state index in [0.29, 0.717) is 27.4 Å². The average molecular weight is 358 g/mol. The van der Waals surface area contributed by atoms with Gasteiger partial charge in [-0.3, -0.25) is 9.59 Å². The molecule has 0 bridgehead atoms. The van der Waals surface area contributed by atoms with E-state index in [2.05, 4.69) is 0 Å². The Morgan fingerprint density at radius 2 is 1.42 bits per heavy atom. The zero-order chi connectivity index (χ0) is 17.8. The molecule has 1 heterocycles. The van der Waals surface area contributed by atoms with Gasteiger partial charge in [0.2, 0.25) is 5.78 Å². The molecule has 0 unspecified atom stereocenters. The Kier molecular flexibility index (Phi) is 3.15. The zero-order valence-corrected chi connectivity index (χ0v) is 14.3. The Balaban J connectivity index is 1.96. The highest BCUT2D eigenvalue weighted by Gasteiger charge is 2.36. The Hall–Kier alpha value is -3.17. The summed E-state index contributed by atoms with van der Waals surface area (Å²) in [6.07, 6.45) is 0. The number of aromatic nitrogens is 1. The fourth-order valence-electron chi connectivity index (χ4n) is 3.73. The minimum Gasteiger partial charge on any atom is -0.306 e. The fourth-order valence-corrected chi connectivity index (χ4v) is 3.99. The number of ketones is 2. The second-order valence-corrected chi connectivity index (χ2v) is 6.64. The lowest BCUT2D eigenvalue weighted by Crippen LogP contribution is -2.23. The Bertz CT molecular complexity index is 1220. The van der Waals surface area contributed by atoms with Crippen LogP contribution >= 0.6 is 11.6 Å². The lowest BCUT2D eigenvalue weighted by Gasteiger charge is -2.18. The smallest absolute Gasteiger partial charge is 0.211 e. The molecule has 4 heteroatoms. The van der Waals surface area contributed by atoms with Crippen molar-refractivity contribution < 1.29 is 9.59 Å². The molecule has 0 saturated carbocycles. The van der Waals surface area contributed by atoms with Crippen molar-refractivity contribution in [3.63, 3.8) is 0 Å². The molecule has 26 heavy (non-hydrogen) atoms. The normalized spacial score (nSPS) is 13.0. The standard InChI is InChI=1S/C22H12ClNO2/c23-16-11-6-10-15-18(16)22(26)19-14-9-4-5-12-17(14)24(20(19)21(15)25)13-7-2-1-3-8-13/h1-12H. The van der Waals surface area contributed by atoms with Gasteiger partial charge in [0.15, 0.2) is 5.78 Å². The van der Waals surface area contributed by atoms with Crippen LogP contribution in [0.25, 0.3) is 16.6 Å². The quantitative estimate of drug-likeness (QED) is 0.420. The third-order valence-corrected chi connectivity index (χ3v) is 5.13. The van der Waals surface area contributed by atoms with Crippen LogP contribution in [0.15, 0.2) is 72.8 Å². The van der Waals surface area contributed by atoms with Gasteiger partial charge < -0.3 is 4.57 Å². The van der Waals surface area contributed by atoms with Crippen LogP contribution in [-0.4, -0.2) is 16.1 Å². The van der Waals surface area contributed by atoms with Crippen molar-refractivity contribution in [3.8, 4) is 5.69 Å². The van der Waals surface area contributed by atoms with Gasteiger partial charge in [-0.1, -0.05) is 60.1 Å². The maximum Gasteiger partial charge on any atom is 0.211 e. The molecule has 3 aromatic carbocycles. The van der Waals surface area contributed by atoms with Crippen LogP contribution in [0.2, 0.25) is 5.02 Å². The first-order valence-electron chi connectivity index (χ1n) is 8.25. The molecular formula is C22H12ClNO2. The van der Waals surface area contributed by atoms with E-state index in [-0.39, 0.29) is 11.6 Å². The number of rotatable bonds is 1. The van der Waals surface area contributed by atoms with E-state index in [1.165, 1.54) is 0 Å². The highest BCUT2D eigenvalue weighted by molar-refractivity contribution is 6.40. The Morgan fingerprint density at radius 3 is 2.23 bits per heavy atom. The molecule has 0 spiro atoms. The summed E-state index contributed by atoms with van der Waals surface area (Å²) in [5.74, 6) is -0.386. The van der Waals surface area contributed by atoms with Crippen molar-refractivity contribution in [2.75, 3.05) is 0 Å². The van der Waals surface area contributed by atoms with E-state index >= 15 is 0 Å². The molecule has 0 atom stereocenters. The molecular weight excluding hydrogens is 346 g/mol. The van der Waals surface area contributed by atoms with Gasteiger partial charge >= 0.3 is 0 Å². The minimum absolute atomic E-state index is 0.183. The second-order valence-electron chi connectivity index (χ2n) is 6.23. The van der Waals surface area contributed by atoms with Crippen LogP contribution in [0.3, 0.4) is 0 Å². The maximum atomic E-state index is 13.3. The van der Waals surface area contributed by atoms with E-state index in [0.717, 1.165) is 16.6 Å². The summed E-state index contributed by atoms with van der Waals surface area (Å²) in [7, 11) is 0. The topological polar surface area (TPSA) is 39.1 Å². The van der Waals surface area contributed by atoms with Gasteiger partial charge in [-0.15, -0.1) is 0 Å². The number of hydrogen-bond acceptors (Lipinski definition) is 2. The average Bonchev–Trinajstić information content (AvgIpc) is 3.02. The first kappa shape index (κ1) is 15.1. The summed E-state index contributed by atoms with van der Waals surface area (Å²) in [6, 6.07) is 22.2. The third-order valence-electron chi connectivity index (χ3n) is 4.82. The number of halogens is 1. The van der Waals surface area contributed by atoms with Gasteiger partial charge in [-0.05, 0) is 24.3 Å². The molecule has 0 amide bonds. The monoisotopic (exact) mass is 357 g/mol. The summed E-state index contributed by atoms with van der Waals surface area (Å²) in [4.78, 5) is 26.6. The highest BCUT2D eigenvalue weighted by Crippen LogP contribution is 2.38. The third kappa shape index (κ3) is 1.89. The van der Waals surface area contributed by atoms with Crippen LogP contribution in [0.4, 0.5) is 0 Å². The summed E-state index contributed by atoms with van der Waals surface area (Å²) < 4.78 is 1.87. The van der Waals surface area contributed by atoms with E-state index in [4.69, 9.17) is 11.6 Å². The number of fused-ring (bicyclic) bond motifs is 4.